The molecule has 0 saturated carbocycles. The first-order valence-electron chi connectivity index (χ1n) is 9.10. The molecule has 2 heterocycles. The highest BCUT2D eigenvalue weighted by atomic mass is 79.9. The van der Waals surface area contributed by atoms with Gasteiger partial charge in [-0.1, -0.05) is 22.0 Å². The fraction of sp³-hybridized carbons (Fsp3) is 0.400. The molecule has 10 heteroatoms. The molecule has 0 aliphatic carbocycles. The third kappa shape index (κ3) is 4.39. The topological polar surface area (TPSA) is 110 Å². The van der Waals surface area contributed by atoms with E-state index < -0.39 is 42.4 Å². The van der Waals surface area contributed by atoms with Gasteiger partial charge in [0.15, 0.2) is 30.8 Å². The number of ether oxygens (including phenoxy) is 4. The van der Waals surface area contributed by atoms with Gasteiger partial charge < -0.3 is 23.5 Å². The van der Waals surface area contributed by atoms with Gasteiger partial charge in [-0.25, -0.2) is 0 Å². The number of halogens is 1. The van der Waals surface area contributed by atoms with E-state index in [-0.39, 0.29) is 6.61 Å². The maximum atomic E-state index is 11.8. The SMILES string of the molecule is CC(=O)O[C@@H]1[C@@H](OC(C)=O)[C@H](OC(C)=O)CO[C@H]1n1cc(C=O)c2c(Br)cccc21. The number of carbonyl (C=O) groups is 4. The number of rotatable bonds is 5. The van der Waals surface area contributed by atoms with Crippen molar-refractivity contribution in [1.82, 2.24) is 4.57 Å². The smallest absolute Gasteiger partial charge is 0.303 e. The number of aldehydes is 1. The van der Waals surface area contributed by atoms with Crippen LogP contribution in [0.3, 0.4) is 0 Å². The van der Waals surface area contributed by atoms with E-state index in [0.717, 1.165) is 0 Å². The van der Waals surface area contributed by atoms with Crippen LogP contribution in [0.1, 0.15) is 37.4 Å². The van der Waals surface area contributed by atoms with E-state index in [9.17, 15) is 19.2 Å². The Morgan fingerprint density at radius 2 is 1.70 bits per heavy atom. The summed E-state index contributed by atoms with van der Waals surface area (Å²) in [5.74, 6) is -1.87. The quantitative estimate of drug-likeness (QED) is 0.364. The molecule has 0 amide bonds. The van der Waals surface area contributed by atoms with Gasteiger partial charge in [-0.2, -0.15) is 0 Å². The predicted molar refractivity (Wildman–Crippen MR) is 107 cm³/mol. The molecule has 0 spiro atoms. The Morgan fingerprint density at radius 1 is 1.07 bits per heavy atom. The normalized spacial score (nSPS) is 23.6. The van der Waals surface area contributed by atoms with Crippen molar-refractivity contribution in [3.63, 3.8) is 0 Å². The second kappa shape index (κ2) is 8.97. The zero-order valence-corrected chi connectivity index (χ0v) is 18.1. The van der Waals surface area contributed by atoms with Crippen LogP contribution < -0.4 is 0 Å². The molecule has 30 heavy (non-hydrogen) atoms. The lowest BCUT2D eigenvalue weighted by Gasteiger charge is -2.41. The predicted octanol–water partition coefficient (Wildman–Crippen LogP) is 2.54. The summed E-state index contributed by atoms with van der Waals surface area (Å²) in [6.07, 6.45) is -1.85. The Balaban J connectivity index is 2.11. The number of hydrogen-bond acceptors (Lipinski definition) is 8. The highest BCUT2D eigenvalue weighted by Crippen LogP contribution is 2.36. The summed E-state index contributed by atoms with van der Waals surface area (Å²) in [6.45, 7) is 3.51. The molecular weight excluding hydrogens is 462 g/mol. The summed E-state index contributed by atoms with van der Waals surface area (Å²) in [6, 6.07) is 5.36. The largest absolute Gasteiger partial charge is 0.456 e. The van der Waals surface area contributed by atoms with Crippen LogP contribution in [-0.4, -0.2) is 53.7 Å². The molecular formula is C20H20BrNO8. The van der Waals surface area contributed by atoms with Crippen LogP contribution in [0.15, 0.2) is 28.9 Å². The van der Waals surface area contributed by atoms with Crippen LogP contribution in [0.5, 0.6) is 0 Å². The minimum atomic E-state index is -1.13. The van der Waals surface area contributed by atoms with Crippen molar-refractivity contribution in [2.75, 3.05) is 6.61 Å². The average molecular weight is 482 g/mol. The van der Waals surface area contributed by atoms with E-state index in [1.54, 1.807) is 29.0 Å². The van der Waals surface area contributed by atoms with Crippen LogP contribution in [-0.2, 0) is 33.3 Å². The van der Waals surface area contributed by atoms with Gasteiger partial charge in [-0.05, 0) is 12.1 Å². The Kier molecular flexibility index (Phi) is 6.57. The van der Waals surface area contributed by atoms with Crippen molar-refractivity contribution in [2.24, 2.45) is 0 Å². The molecule has 0 radical (unpaired) electrons. The van der Waals surface area contributed by atoms with E-state index in [0.29, 0.717) is 27.2 Å². The number of carbonyl (C=O) groups excluding carboxylic acids is 4. The fourth-order valence-electron chi connectivity index (χ4n) is 3.56. The lowest BCUT2D eigenvalue weighted by molar-refractivity contribution is -0.239. The molecule has 1 saturated heterocycles. The van der Waals surface area contributed by atoms with Crippen LogP contribution >= 0.6 is 15.9 Å². The van der Waals surface area contributed by atoms with Crippen LogP contribution in [0, 0.1) is 0 Å². The zero-order chi connectivity index (χ0) is 22.0. The maximum absolute atomic E-state index is 11.8. The van der Waals surface area contributed by atoms with Crippen LogP contribution in [0.4, 0.5) is 0 Å². The lowest BCUT2D eigenvalue weighted by Crippen LogP contribution is -2.55. The Bertz CT molecular complexity index is 1000. The molecule has 4 atom stereocenters. The number of aromatic nitrogens is 1. The molecule has 2 aromatic rings. The van der Waals surface area contributed by atoms with Crippen molar-refractivity contribution in [3.8, 4) is 0 Å². The Hall–Kier alpha value is -2.72. The standard InChI is InChI=1S/C20H20BrNO8/c1-10(24)28-16-9-27-20(19(30-12(3)26)18(16)29-11(2)25)22-7-13(8-23)17-14(21)5-4-6-15(17)22/h4-8,16,18-20H,9H2,1-3H3/t16-,18+,19-,20-/m1/s1. The van der Waals surface area contributed by atoms with Gasteiger partial charge in [-0.3, -0.25) is 19.2 Å². The third-order valence-electron chi connectivity index (χ3n) is 4.56. The number of benzene rings is 1. The number of hydrogen-bond donors (Lipinski definition) is 0. The fourth-order valence-corrected chi connectivity index (χ4v) is 4.14. The third-order valence-corrected chi connectivity index (χ3v) is 5.22. The van der Waals surface area contributed by atoms with E-state index in [4.69, 9.17) is 18.9 Å². The molecule has 3 rings (SSSR count). The summed E-state index contributed by atoms with van der Waals surface area (Å²) >= 11 is 3.44. The van der Waals surface area contributed by atoms with Crippen LogP contribution in [0.25, 0.3) is 10.9 Å². The molecule has 0 unspecified atom stereocenters. The summed E-state index contributed by atoms with van der Waals surface area (Å²) in [4.78, 5) is 46.7. The minimum Gasteiger partial charge on any atom is -0.456 e. The van der Waals surface area contributed by atoms with Crippen molar-refractivity contribution < 1.29 is 38.1 Å². The lowest BCUT2D eigenvalue weighted by atomic mass is 10.0. The van der Waals surface area contributed by atoms with Crippen LogP contribution in [0.2, 0.25) is 0 Å². The summed E-state index contributed by atoms with van der Waals surface area (Å²) in [5, 5.41) is 0.656. The number of fused-ring (bicyclic) bond motifs is 1. The molecule has 1 aliphatic heterocycles. The van der Waals surface area contributed by atoms with Gasteiger partial charge in [0.25, 0.3) is 0 Å². The second-order valence-corrected chi connectivity index (χ2v) is 7.62. The average Bonchev–Trinajstić information content (AvgIpc) is 3.03. The summed E-state index contributed by atoms with van der Waals surface area (Å²) in [7, 11) is 0. The van der Waals surface area contributed by atoms with Crippen molar-refractivity contribution in [1.29, 1.82) is 0 Å². The highest BCUT2D eigenvalue weighted by molar-refractivity contribution is 9.10. The molecule has 1 aliphatic rings. The van der Waals surface area contributed by atoms with E-state index in [1.807, 2.05) is 0 Å². The number of esters is 3. The Morgan fingerprint density at radius 3 is 2.30 bits per heavy atom. The molecule has 9 nitrogen and oxygen atoms in total. The van der Waals surface area contributed by atoms with Gasteiger partial charge in [0.2, 0.25) is 0 Å². The zero-order valence-electron chi connectivity index (χ0n) is 16.5. The molecule has 1 fully saturated rings. The van der Waals surface area contributed by atoms with E-state index in [1.165, 1.54) is 20.8 Å². The second-order valence-electron chi connectivity index (χ2n) is 6.76. The van der Waals surface area contributed by atoms with Crippen molar-refractivity contribution in [3.05, 3.63) is 34.4 Å². The Labute approximate surface area is 180 Å². The van der Waals surface area contributed by atoms with Crippen molar-refractivity contribution >= 4 is 51.0 Å². The monoisotopic (exact) mass is 481 g/mol. The first-order chi connectivity index (χ1) is 14.2. The van der Waals surface area contributed by atoms with E-state index >= 15 is 0 Å². The number of nitrogens with zero attached hydrogens (tertiary/aromatic N) is 1. The van der Waals surface area contributed by atoms with Gasteiger partial charge >= 0.3 is 17.9 Å². The maximum Gasteiger partial charge on any atom is 0.303 e. The summed E-state index contributed by atoms with van der Waals surface area (Å²) in [5.41, 5.74) is 1.04. The molecule has 0 bridgehead atoms. The molecule has 1 aromatic heterocycles. The first kappa shape index (κ1) is 22.0. The highest BCUT2D eigenvalue weighted by Gasteiger charge is 2.48. The molecule has 1 aromatic carbocycles. The van der Waals surface area contributed by atoms with Crippen molar-refractivity contribution in [2.45, 2.75) is 45.3 Å². The van der Waals surface area contributed by atoms with E-state index in [2.05, 4.69) is 15.9 Å². The first-order valence-corrected chi connectivity index (χ1v) is 9.89. The van der Waals surface area contributed by atoms with Gasteiger partial charge in [0, 0.05) is 42.4 Å². The van der Waals surface area contributed by atoms with Gasteiger partial charge in [0.05, 0.1) is 12.1 Å². The summed E-state index contributed by atoms with van der Waals surface area (Å²) < 4.78 is 24.3. The molecule has 160 valence electrons. The molecule has 0 N–H and O–H groups in total. The van der Waals surface area contributed by atoms with Gasteiger partial charge in [0.1, 0.15) is 0 Å². The van der Waals surface area contributed by atoms with Gasteiger partial charge in [-0.15, -0.1) is 0 Å². The minimum absolute atomic E-state index is 0.107.